The molecule has 0 fully saturated rings. The number of hydrogen-bond acceptors (Lipinski definition) is 2. The summed E-state index contributed by atoms with van der Waals surface area (Å²) in [6.45, 7) is 4.62. The van der Waals surface area contributed by atoms with Gasteiger partial charge in [0, 0.05) is 13.2 Å². The smallest absolute Gasteiger partial charge is 0.135 e. The van der Waals surface area contributed by atoms with Crippen LogP contribution in [0.5, 0.6) is 0 Å². The Morgan fingerprint density at radius 2 is 2.00 bits per heavy atom. The van der Waals surface area contributed by atoms with Crippen LogP contribution in [0.4, 0.5) is 0 Å². The highest BCUT2D eigenvalue weighted by Crippen LogP contribution is 2.21. The van der Waals surface area contributed by atoms with Gasteiger partial charge in [-0.2, -0.15) is 0 Å². The van der Waals surface area contributed by atoms with Crippen LogP contribution in [0.15, 0.2) is 0 Å². The fourth-order valence-corrected chi connectivity index (χ4v) is 0.721. The standard InChI is InChI=1S/C8H14O2/c1-6(9)5-8(3,4)7(2)10/h5H2,1-4H3/i2T. The third kappa shape index (κ3) is 2.76. The van der Waals surface area contributed by atoms with Crippen molar-refractivity contribution in [1.29, 1.82) is 0 Å². The van der Waals surface area contributed by atoms with Crippen molar-refractivity contribution in [2.24, 2.45) is 5.41 Å². The van der Waals surface area contributed by atoms with Gasteiger partial charge >= 0.3 is 0 Å². The highest BCUT2D eigenvalue weighted by Gasteiger charge is 2.24. The van der Waals surface area contributed by atoms with E-state index in [9.17, 15) is 9.59 Å². The predicted molar refractivity (Wildman–Crippen MR) is 39.8 cm³/mol. The lowest BCUT2D eigenvalue weighted by Crippen LogP contribution is -2.23. The van der Waals surface area contributed by atoms with Crippen LogP contribution in [0, 0.1) is 5.41 Å². The first kappa shape index (κ1) is 7.45. The molecule has 0 aromatic rings. The molecule has 0 saturated carbocycles. The molecule has 0 saturated heterocycles. The summed E-state index contributed by atoms with van der Waals surface area (Å²) < 4.78 is 6.85. The Balaban J connectivity index is 4.21. The summed E-state index contributed by atoms with van der Waals surface area (Å²) in [6.07, 6.45) is 0.241. The van der Waals surface area contributed by atoms with Crippen molar-refractivity contribution in [2.75, 3.05) is 0 Å². The molecule has 0 unspecified atom stereocenters. The molecule has 0 spiro atoms. The monoisotopic (exact) mass is 144 g/mol. The van der Waals surface area contributed by atoms with E-state index in [0.717, 1.165) is 0 Å². The lowest BCUT2D eigenvalue weighted by atomic mass is 9.84. The first-order valence-electron chi connectivity index (χ1n) is 3.93. The van der Waals surface area contributed by atoms with Crippen LogP contribution >= 0.6 is 0 Å². The van der Waals surface area contributed by atoms with E-state index in [-0.39, 0.29) is 24.9 Å². The van der Waals surface area contributed by atoms with Crippen LogP contribution in [0.1, 0.15) is 35.5 Å². The molecule has 0 amide bonds. The second kappa shape index (κ2) is 2.95. The summed E-state index contributed by atoms with van der Waals surface area (Å²) in [6, 6.07) is 0. The zero-order valence-corrected chi connectivity index (χ0v) is 6.73. The van der Waals surface area contributed by atoms with Crippen LogP contribution in [0.25, 0.3) is 0 Å². The minimum atomic E-state index is -0.645. The fourth-order valence-electron chi connectivity index (χ4n) is 0.721. The van der Waals surface area contributed by atoms with Crippen LogP contribution < -0.4 is 0 Å². The molecular weight excluding hydrogens is 128 g/mol. The van der Waals surface area contributed by atoms with E-state index in [0.29, 0.717) is 0 Å². The number of Topliss-reactive ketones (excluding diaryl/α,β-unsaturated/α-hetero) is 2. The maximum atomic E-state index is 11.0. The maximum Gasteiger partial charge on any atom is 0.135 e. The van der Waals surface area contributed by atoms with Crippen molar-refractivity contribution in [3.8, 4) is 0 Å². The largest absolute Gasteiger partial charge is 0.300 e. The van der Waals surface area contributed by atoms with Gasteiger partial charge in [0.05, 0.1) is 0 Å². The molecule has 0 aromatic heterocycles. The van der Waals surface area contributed by atoms with Crippen LogP contribution in [-0.4, -0.2) is 11.6 Å². The Morgan fingerprint density at radius 1 is 1.50 bits per heavy atom. The van der Waals surface area contributed by atoms with E-state index in [1.165, 1.54) is 6.92 Å². The second-order valence-corrected chi connectivity index (χ2v) is 3.19. The van der Waals surface area contributed by atoms with Crippen molar-refractivity contribution in [3.63, 3.8) is 0 Å². The highest BCUT2D eigenvalue weighted by molar-refractivity contribution is 5.87. The SMILES string of the molecule is [3H]CC(=O)C(C)(C)CC(C)=O. The summed E-state index contributed by atoms with van der Waals surface area (Å²) in [5, 5.41) is 0. The normalized spacial score (nSPS) is 12.5. The Kier molecular flexibility index (Phi) is 2.20. The molecule has 0 atom stereocenters. The summed E-state index contributed by atoms with van der Waals surface area (Å²) in [4.78, 5) is 21.7. The average Bonchev–Trinajstić information content (AvgIpc) is 1.83. The molecule has 0 aliphatic heterocycles. The van der Waals surface area contributed by atoms with E-state index in [4.69, 9.17) is 1.37 Å². The van der Waals surface area contributed by atoms with Crippen molar-refractivity contribution in [3.05, 3.63) is 0 Å². The molecule has 0 aliphatic carbocycles. The van der Waals surface area contributed by atoms with Gasteiger partial charge in [-0.05, 0) is 13.8 Å². The molecule has 0 aliphatic rings. The summed E-state index contributed by atoms with van der Waals surface area (Å²) in [7, 11) is 0. The first-order chi connectivity index (χ1) is 4.90. The minimum Gasteiger partial charge on any atom is -0.300 e. The van der Waals surface area contributed by atoms with Gasteiger partial charge in [-0.1, -0.05) is 13.8 Å². The lowest BCUT2D eigenvalue weighted by molar-refractivity contribution is -0.130. The van der Waals surface area contributed by atoms with Gasteiger partial charge in [-0.3, -0.25) is 9.59 Å². The predicted octanol–water partition coefficient (Wildman–Crippen LogP) is 1.58. The van der Waals surface area contributed by atoms with Gasteiger partial charge in [-0.15, -0.1) is 0 Å². The van der Waals surface area contributed by atoms with Crippen molar-refractivity contribution < 1.29 is 11.0 Å². The molecule has 0 N–H and O–H groups in total. The van der Waals surface area contributed by atoms with Crippen molar-refractivity contribution >= 4 is 11.6 Å². The Bertz CT molecular complexity index is 173. The van der Waals surface area contributed by atoms with Crippen LogP contribution in [0.3, 0.4) is 0 Å². The Hall–Kier alpha value is -0.660. The van der Waals surface area contributed by atoms with Gasteiger partial charge in [0.15, 0.2) is 0 Å². The quantitative estimate of drug-likeness (QED) is 0.602. The van der Waals surface area contributed by atoms with Gasteiger partial charge in [-0.25, -0.2) is 0 Å². The topological polar surface area (TPSA) is 34.1 Å². The molecule has 2 nitrogen and oxygen atoms in total. The first-order valence-corrected chi connectivity index (χ1v) is 3.22. The van der Waals surface area contributed by atoms with E-state index in [1.807, 2.05) is 0 Å². The van der Waals surface area contributed by atoms with Gasteiger partial charge < -0.3 is 0 Å². The van der Waals surface area contributed by atoms with E-state index in [1.54, 1.807) is 13.8 Å². The van der Waals surface area contributed by atoms with E-state index < -0.39 is 5.41 Å². The Morgan fingerprint density at radius 3 is 2.30 bits per heavy atom. The zero-order valence-electron chi connectivity index (χ0n) is 7.73. The molecule has 58 valence electrons. The average molecular weight is 144 g/mol. The summed E-state index contributed by atoms with van der Waals surface area (Å²) in [5.74, 6) is -0.176. The third-order valence-electron chi connectivity index (χ3n) is 1.45. The molecule has 0 radical (unpaired) electrons. The highest BCUT2D eigenvalue weighted by atomic mass is 16.1. The molecule has 0 rings (SSSR count). The Labute approximate surface area is 63.0 Å². The molecule has 0 bridgehead atoms. The van der Waals surface area contributed by atoms with E-state index in [2.05, 4.69) is 0 Å². The number of carbonyl (C=O) groups excluding carboxylic acids is 2. The van der Waals surface area contributed by atoms with Crippen LogP contribution in [-0.2, 0) is 9.59 Å². The molecule has 2 heteroatoms. The third-order valence-corrected chi connectivity index (χ3v) is 1.45. The van der Waals surface area contributed by atoms with Crippen molar-refractivity contribution in [1.82, 2.24) is 0 Å². The van der Waals surface area contributed by atoms with Crippen molar-refractivity contribution in [2.45, 2.75) is 34.1 Å². The lowest BCUT2D eigenvalue weighted by Gasteiger charge is -2.18. The molecule has 0 heterocycles. The molecular formula is C8H14O2. The number of hydrogen-bond donors (Lipinski definition) is 0. The zero-order chi connectivity index (χ0) is 9.07. The number of ketones is 2. The number of rotatable bonds is 3. The van der Waals surface area contributed by atoms with Gasteiger partial charge in [0.2, 0.25) is 0 Å². The van der Waals surface area contributed by atoms with Crippen LogP contribution in [0.2, 0.25) is 0 Å². The number of carbonyl (C=O) groups is 2. The van der Waals surface area contributed by atoms with Gasteiger partial charge in [0.1, 0.15) is 11.6 Å². The second-order valence-electron chi connectivity index (χ2n) is 3.19. The molecule has 10 heavy (non-hydrogen) atoms. The van der Waals surface area contributed by atoms with E-state index >= 15 is 0 Å². The summed E-state index contributed by atoms with van der Waals surface area (Å²) in [5.41, 5.74) is -0.645. The molecule has 0 aromatic carbocycles. The maximum absolute atomic E-state index is 11.0. The summed E-state index contributed by atoms with van der Waals surface area (Å²) >= 11 is 0. The minimum absolute atomic E-state index is 0.00296. The fraction of sp³-hybridized carbons (Fsp3) is 0.750. The van der Waals surface area contributed by atoms with Gasteiger partial charge in [0.25, 0.3) is 0 Å².